The Morgan fingerprint density at radius 1 is 1.00 bits per heavy atom. The Balaban J connectivity index is 1.33. The number of halogens is 2. The molecule has 4 heterocycles. The summed E-state index contributed by atoms with van der Waals surface area (Å²) in [7, 11) is 0. The van der Waals surface area contributed by atoms with Crippen molar-refractivity contribution < 1.29 is 4.42 Å². The predicted octanol–water partition coefficient (Wildman–Crippen LogP) is 8.55. The number of aromatic nitrogens is 1. The normalized spacial score (nSPS) is 19.9. The standard InChI is InChI=1S/C30H28Cl2N4OS2/c1-19-13-16-35(17-14-19)25-10-7-21(18-23(25)32)36-29(28(34-30(36)38)24-4-2-3-15-33-24)26-11-12-27(37-26)39-22-8-5-20(31)6-9-22/h2-12,15,18-19,28-29H,13-14,16-17H2,1H3,(H,34,38)/t28-,29+/m0/s1. The Labute approximate surface area is 248 Å². The van der Waals surface area contributed by atoms with Gasteiger partial charge in [-0.3, -0.25) is 4.98 Å². The number of anilines is 2. The van der Waals surface area contributed by atoms with Crippen molar-refractivity contribution in [3.63, 3.8) is 0 Å². The van der Waals surface area contributed by atoms with Gasteiger partial charge >= 0.3 is 0 Å². The molecule has 2 aromatic carbocycles. The van der Waals surface area contributed by atoms with Crippen molar-refractivity contribution in [2.24, 2.45) is 5.92 Å². The second-order valence-electron chi connectivity index (χ2n) is 10.0. The molecular weight excluding hydrogens is 567 g/mol. The highest BCUT2D eigenvalue weighted by Crippen LogP contribution is 2.45. The zero-order valence-electron chi connectivity index (χ0n) is 21.4. The van der Waals surface area contributed by atoms with Gasteiger partial charge in [0.1, 0.15) is 11.8 Å². The molecule has 2 aliphatic heterocycles. The smallest absolute Gasteiger partial charge is 0.174 e. The zero-order valence-corrected chi connectivity index (χ0v) is 24.5. The van der Waals surface area contributed by atoms with Gasteiger partial charge in [-0.2, -0.15) is 0 Å². The Morgan fingerprint density at radius 2 is 1.79 bits per heavy atom. The predicted molar refractivity (Wildman–Crippen MR) is 164 cm³/mol. The minimum absolute atomic E-state index is 0.194. The second-order valence-corrected chi connectivity index (χ2v) is 12.3. The molecule has 0 spiro atoms. The fraction of sp³-hybridized carbons (Fsp3) is 0.267. The van der Waals surface area contributed by atoms with Gasteiger partial charge in [0.25, 0.3) is 0 Å². The van der Waals surface area contributed by atoms with Gasteiger partial charge in [-0.15, -0.1) is 0 Å². The van der Waals surface area contributed by atoms with E-state index in [9.17, 15) is 0 Å². The molecule has 2 atom stereocenters. The van der Waals surface area contributed by atoms with Gasteiger partial charge in [0.05, 0.1) is 22.4 Å². The van der Waals surface area contributed by atoms with Gasteiger partial charge in [0.15, 0.2) is 10.2 Å². The number of benzene rings is 2. The lowest BCUT2D eigenvalue weighted by Gasteiger charge is -2.33. The van der Waals surface area contributed by atoms with Gasteiger partial charge in [-0.25, -0.2) is 0 Å². The van der Waals surface area contributed by atoms with E-state index < -0.39 is 0 Å². The molecule has 2 fully saturated rings. The van der Waals surface area contributed by atoms with E-state index in [2.05, 4.69) is 39.2 Å². The molecule has 0 radical (unpaired) electrons. The minimum atomic E-state index is -0.246. The van der Waals surface area contributed by atoms with E-state index in [0.29, 0.717) is 10.1 Å². The SMILES string of the molecule is CC1CCN(c2ccc(N3C(=S)N[C@@H](c4ccccn4)[C@H]3c3ccc(Sc4ccc(Cl)cc4)o3)cc2Cl)CC1. The molecule has 5 nitrogen and oxygen atoms in total. The number of furan rings is 1. The lowest BCUT2D eigenvalue weighted by molar-refractivity contribution is 0.383. The highest BCUT2D eigenvalue weighted by Gasteiger charge is 2.42. The minimum Gasteiger partial charge on any atom is -0.452 e. The number of rotatable bonds is 6. The van der Waals surface area contributed by atoms with Gasteiger partial charge in [-0.05, 0) is 97.7 Å². The van der Waals surface area contributed by atoms with E-state index in [1.807, 2.05) is 60.7 Å². The van der Waals surface area contributed by atoms with Crippen molar-refractivity contribution in [3.8, 4) is 0 Å². The van der Waals surface area contributed by atoms with Crippen LogP contribution in [0.2, 0.25) is 10.0 Å². The van der Waals surface area contributed by atoms with Gasteiger partial charge in [0, 0.05) is 34.9 Å². The first-order valence-corrected chi connectivity index (χ1v) is 15.0. The summed E-state index contributed by atoms with van der Waals surface area (Å²) in [5.74, 6) is 1.55. The van der Waals surface area contributed by atoms with Gasteiger partial charge in [-0.1, -0.05) is 48.0 Å². The molecule has 2 saturated heterocycles. The molecule has 39 heavy (non-hydrogen) atoms. The van der Waals surface area contributed by atoms with Gasteiger partial charge < -0.3 is 19.5 Å². The molecule has 0 aliphatic carbocycles. The number of hydrogen-bond acceptors (Lipinski definition) is 5. The average molecular weight is 596 g/mol. The number of pyridine rings is 1. The van der Waals surface area contributed by atoms with Crippen LogP contribution in [-0.2, 0) is 0 Å². The first-order chi connectivity index (χ1) is 19.0. The molecule has 6 rings (SSSR count). The molecule has 0 amide bonds. The summed E-state index contributed by atoms with van der Waals surface area (Å²) in [4.78, 5) is 10.2. The Kier molecular flexibility index (Phi) is 7.76. The van der Waals surface area contributed by atoms with Crippen LogP contribution in [0.5, 0.6) is 0 Å². The third kappa shape index (κ3) is 5.64. The number of piperidine rings is 1. The van der Waals surface area contributed by atoms with Crippen molar-refractivity contribution in [2.45, 2.75) is 41.8 Å². The number of thiocarbonyl (C=S) groups is 1. The maximum absolute atomic E-state index is 6.90. The first kappa shape index (κ1) is 26.5. The molecule has 9 heteroatoms. The van der Waals surface area contributed by atoms with E-state index in [0.717, 1.165) is 56.8 Å². The quantitative estimate of drug-likeness (QED) is 0.224. The largest absolute Gasteiger partial charge is 0.452 e. The van der Waals surface area contributed by atoms with Crippen LogP contribution in [0.15, 0.2) is 93.4 Å². The van der Waals surface area contributed by atoms with Crippen LogP contribution in [0.4, 0.5) is 11.4 Å². The molecule has 0 bridgehead atoms. The summed E-state index contributed by atoms with van der Waals surface area (Å²) in [5, 5.41) is 6.32. The van der Waals surface area contributed by atoms with E-state index in [1.165, 1.54) is 12.8 Å². The third-order valence-electron chi connectivity index (χ3n) is 7.36. The summed E-state index contributed by atoms with van der Waals surface area (Å²) < 4.78 is 6.43. The average Bonchev–Trinajstić information content (AvgIpc) is 3.55. The van der Waals surface area contributed by atoms with E-state index >= 15 is 0 Å². The van der Waals surface area contributed by atoms with Crippen molar-refractivity contribution in [1.29, 1.82) is 0 Å². The maximum atomic E-state index is 6.90. The van der Waals surface area contributed by atoms with Crippen LogP contribution in [0.1, 0.15) is 43.3 Å². The van der Waals surface area contributed by atoms with Crippen LogP contribution in [0.3, 0.4) is 0 Å². The van der Waals surface area contributed by atoms with Crippen LogP contribution in [-0.4, -0.2) is 23.2 Å². The molecule has 0 unspecified atom stereocenters. The Morgan fingerprint density at radius 3 is 2.51 bits per heavy atom. The van der Waals surface area contributed by atoms with E-state index in [4.69, 9.17) is 39.8 Å². The molecule has 200 valence electrons. The lowest BCUT2D eigenvalue weighted by atomic mass is 9.98. The van der Waals surface area contributed by atoms with Crippen molar-refractivity contribution >= 4 is 63.7 Å². The fourth-order valence-corrected chi connectivity index (χ4v) is 6.79. The highest BCUT2D eigenvalue weighted by atomic mass is 35.5. The summed E-state index contributed by atoms with van der Waals surface area (Å²) in [6.07, 6.45) is 4.16. The Hall–Kier alpha value is -2.71. The van der Waals surface area contributed by atoms with Crippen LogP contribution in [0, 0.1) is 5.92 Å². The van der Waals surface area contributed by atoms with Crippen molar-refractivity contribution in [3.05, 3.63) is 100 Å². The van der Waals surface area contributed by atoms with Gasteiger partial charge in [0.2, 0.25) is 0 Å². The highest BCUT2D eigenvalue weighted by molar-refractivity contribution is 7.99. The number of nitrogens with zero attached hydrogens (tertiary/aromatic N) is 3. The van der Waals surface area contributed by atoms with Crippen LogP contribution < -0.4 is 15.1 Å². The molecule has 2 aliphatic rings. The summed E-state index contributed by atoms with van der Waals surface area (Å²) in [5.41, 5.74) is 2.88. The van der Waals surface area contributed by atoms with E-state index in [1.54, 1.807) is 18.0 Å². The Bertz CT molecular complexity index is 1460. The second kappa shape index (κ2) is 11.4. The number of hydrogen-bond donors (Lipinski definition) is 1. The molecular formula is C30H28Cl2N4OS2. The third-order valence-corrected chi connectivity index (χ3v) is 9.16. The fourth-order valence-electron chi connectivity index (χ4n) is 5.24. The molecule has 4 aromatic rings. The molecule has 1 N–H and O–H groups in total. The monoisotopic (exact) mass is 594 g/mol. The van der Waals surface area contributed by atoms with Crippen LogP contribution in [0.25, 0.3) is 0 Å². The lowest BCUT2D eigenvalue weighted by Crippen LogP contribution is -2.33. The summed E-state index contributed by atoms with van der Waals surface area (Å²) >= 11 is 20.4. The maximum Gasteiger partial charge on any atom is 0.174 e. The van der Waals surface area contributed by atoms with Crippen molar-refractivity contribution in [2.75, 3.05) is 22.9 Å². The summed E-state index contributed by atoms with van der Waals surface area (Å²) in [6.45, 7) is 4.36. The molecule has 0 saturated carbocycles. The first-order valence-electron chi connectivity index (χ1n) is 13.0. The summed E-state index contributed by atoms with van der Waals surface area (Å²) in [6, 6.07) is 23.5. The van der Waals surface area contributed by atoms with Crippen LogP contribution >= 0.6 is 47.2 Å². The van der Waals surface area contributed by atoms with Crippen molar-refractivity contribution in [1.82, 2.24) is 10.3 Å². The number of nitrogens with one attached hydrogen (secondary N) is 1. The topological polar surface area (TPSA) is 44.5 Å². The van der Waals surface area contributed by atoms with E-state index in [-0.39, 0.29) is 12.1 Å². The zero-order chi connectivity index (χ0) is 26.9. The molecule has 2 aromatic heterocycles.